The summed E-state index contributed by atoms with van der Waals surface area (Å²) in [6.07, 6.45) is 3.20. The van der Waals surface area contributed by atoms with Gasteiger partial charge in [-0.15, -0.1) is 11.3 Å². The van der Waals surface area contributed by atoms with E-state index < -0.39 is 6.04 Å². The molecule has 0 saturated heterocycles. The maximum absolute atomic E-state index is 13.2. The van der Waals surface area contributed by atoms with Crippen molar-refractivity contribution in [1.29, 1.82) is 0 Å². The fourth-order valence-corrected chi connectivity index (χ4v) is 4.19. The van der Waals surface area contributed by atoms with Crippen LogP contribution in [-0.2, 0) is 11.3 Å². The second-order valence-electron chi connectivity index (χ2n) is 7.88. The van der Waals surface area contributed by atoms with Gasteiger partial charge < -0.3 is 15.1 Å². The number of pyridine rings is 1. The molecule has 0 radical (unpaired) electrons. The molecular formula is C23H25N5O3S. The number of furan rings is 1. The average molecular weight is 452 g/mol. The van der Waals surface area contributed by atoms with E-state index >= 15 is 0 Å². The largest absolute Gasteiger partial charge is 0.467 e. The van der Waals surface area contributed by atoms with Crippen molar-refractivity contribution in [2.75, 3.05) is 0 Å². The SMILES string of the molecule is Cc1ccc(-c2cc(C(=O)N[C@@H](C)C(=O)NCc3ccco3)c3cnn(C(C)C)c3n2)s1. The summed E-state index contributed by atoms with van der Waals surface area (Å²) < 4.78 is 7.02. The molecule has 32 heavy (non-hydrogen) atoms. The van der Waals surface area contributed by atoms with Crippen LogP contribution in [0.5, 0.6) is 0 Å². The number of aryl methyl sites for hydroxylation is 1. The van der Waals surface area contributed by atoms with Gasteiger partial charge >= 0.3 is 0 Å². The Morgan fingerprint density at radius 3 is 2.69 bits per heavy atom. The van der Waals surface area contributed by atoms with Gasteiger partial charge in [-0.1, -0.05) is 0 Å². The van der Waals surface area contributed by atoms with Crippen LogP contribution in [0, 0.1) is 6.92 Å². The number of amides is 2. The van der Waals surface area contributed by atoms with Crippen LogP contribution < -0.4 is 10.6 Å². The maximum atomic E-state index is 13.2. The average Bonchev–Trinajstić information content (AvgIpc) is 3.51. The molecule has 4 heterocycles. The van der Waals surface area contributed by atoms with E-state index in [1.54, 1.807) is 53.6 Å². The molecule has 0 saturated carbocycles. The van der Waals surface area contributed by atoms with Crippen molar-refractivity contribution in [1.82, 2.24) is 25.4 Å². The van der Waals surface area contributed by atoms with E-state index in [0.29, 0.717) is 28.1 Å². The Hall–Kier alpha value is -3.46. The number of rotatable bonds is 7. The molecule has 1 atom stereocenters. The van der Waals surface area contributed by atoms with Crippen molar-refractivity contribution < 1.29 is 14.0 Å². The third-order valence-corrected chi connectivity index (χ3v) is 6.07. The molecule has 4 aromatic heterocycles. The van der Waals surface area contributed by atoms with E-state index in [2.05, 4.69) is 15.7 Å². The lowest BCUT2D eigenvalue weighted by molar-refractivity contribution is -0.122. The lowest BCUT2D eigenvalue weighted by atomic mass is 10.1. The van der Waals surface area contributed by atoms with Crippen LogP contribution in [0.15, 0.2) is 47.2 Å². The predicted molar refractivity (Wildman–Crippen MR) is 123 cm³/mol. The van der Waals surface area contributed by atoms with Crippen LogP contribution in [-0.4, -0.2) is 32.6 Å². The number of nitrogens with zero attached hydrogens (tertiary/aromatic N) is 3. The molecule has 8 nitrogen and oxygen atoms in total. The number of thiophene rings is 1. The molecule has 0 aliphatic heterocycles. The highest BCUT2D eigenvalue weighted by molar-refractivity contribution is 7.15. The van der Waals surface area contributed by atoms with Crippen LogP contribution in [0.1, 0.15) is 47.8 Å². The zero-order valence-electron chi connectivity index (χ0n) is 18.4. The van der Waals surface area contributed by atoms with Crippen LogP contribution in [0.2, 0.25) is 0 Å². The first-order valence-corrected chi connectivity index (χ1v) is 11.2. The van der Waals surface area contributed by atoms with Gasteiger partial charge in [-0.3, -0.25) is 9.59 Å². The predicted octanol–water partition coefficient (Wildman–Crippen LogP) is 4.08. The van der Waals surface area contributed by atoms with E-state index in [-0.39, 0.29) is 24.4 Å². The fourth-order valence-electron chi connectivity index (χ4n) is 3.36. The van der Waals surface area contributed by atoms with Gasteiger partial charge in [0.15, 0.2) is 5.65 Å². The molecule has 9 heteroatoms. The molecule has 2 amide bonds. The van der Waals surface area contributed by atoms with Gasteiger partial charge in [-0.25, -0.2) is 9.67 Å². The van der Waals surface area contributed by atoms with Gasteiger partial charge in [0.05, 0.1) is 40.5 Å². The Balaban J connectivity index is 1.61. The minimum Gasteiger partial charge on any atom is -0.467 e. The zero-order chi connectivity index (χ0) is 22.8. The maximum Gasteiger partial charge on any atom is 0.252 e. The number of carbonyl (C=O) groups is 2. The van der Waals surface area contributed by atoms with Gasteiger partial charge in [0.25, 0.3) is 5.91 Å². The number of hydrogen-bond donors (Lipinski definition) is 2. The number of fused-ring (bicyclic) bond motifs is 1. The normalized spacial score (nSPS) is 12.3. The molecule has 0 aromatic carbocycles. The third kappa shape index (κ3) is 4.43. The van der Waals surface area contributed by atoms with Gasteiger partial charge in [-0.2, -0.15) is 5.10 Å². The highest BCUT2D eigenvalue weighted by Gasteiger charge is 2.22. The number of aromatic nitrogens is 3. The summed E-state index contributed by atoms with van der Waals surface area (Å²) in [6, 6.07) is 8.68. The first-order chi connectivity index (χ1) is 15.3. The highest BCUT2D eigenvalue weighted by Crippen LogP contribution is 2.30. The summed E-state index contributed by atoms with van der Waals surface area (Å²) in [5.41, 5.74) is 1.79. The van der Waals surface area contributed by atoms with Crippen molar-refractivity contribution >= 4 is 34.2 Å². The van der Waals surface area contributed by atoms with Crippen LogP contribution in [0.3, 0.4) is 0 Å². The summed E-state index contributed by atoms with van der Waals surface area (Å²) in [5, 5.41) is 10.6. The summed E-state index contributed by atoms with van der Waals surface area (Å²) in [7, 11) is 0. The molecule has 0 fully saturated rings. The first-order valence-electron chi connectivity index (χ1n) is 10.4. The van der Waals surface area contributed by atoms with Gasteiger partial charge in [0, 0.05) is 10.9 Å². The minimum atomic E-state index is -0.728. The summed E-state index contributed by atoms with van der Waals surface area (Å²) in [4.78, 5) is 32.6. The van der Waals surface area contributed by atoms with Crippen LogP contribution in [0.4, 0.5) is 0 Å². The second-order valence-corrected chi connectivity index (χ2v) is 9.17. The van der Waals surface area contributed by atoms with E-state index in [1.165, 1.54) is 0 Å². The van der Waals surface area contributed by atoms with E-state index in [0.717, 1.165) is 9.75 Å². The zero-order valence-corrected chi connectivity index (χ0v) is 19.2. The summed E-state index contributed by atoms with van der Waals surface area (Å²) >= 11 is 1.61. The Morgan fingerprint density at radius 2 is 2.03 bits per heavy atom. The number of nitrogens with one attached hydrogen (secondary N) is 2. The smallest absolute Gasteiger partial charge is 0.252 e. The molecule has 0 aliphatic rings. The Morgan fingerprint density at radius 1 is 1.22 bits per heavy atom. The molecular weight excluding hydrogens is 426 g/mol. The molecule has 0 unspecified atom stereocenters. The molecule has 166 valence electrons. The minimum absolute atomic E-state index is 0.0857. The van der Waals surface area contributed by atoms with E-state index in [4.69, 9.17) is 9.40 Å². The topological polar surface area (TPSA) is 102 Å². The molecule has 0 aliphatic carbocycles. The van der Waals surface area contributed by atoms with Crippen molar-refractivity contribution in [2.24, 2.45) is 0 Å². The lowest BCUT2D eigenvalue weighted by Crippen LogP contribution is -2.44. The molecule has 4 rings (SSSR count). The van der Waals surface area contributed by atoms with Crippen molar-refractivity contribution in [2.45, 2.75) is 46.3 Å². The van der Waals surface area contributed by atoms with Gasteiger partial charge in [-0.05, 0) is 58.0 Å². The quantitative estimate of drug-likeness (QED) is 0.441. The van der Waals surface area contributed by atoms with Gasteiger partial charge in [0.1, 0.15) is 11.8 Å². The molecule has 0 bridgehead atoms. The molecule has 0 spiro atoms. The highest BCUT2D eigenvalue weighted by atomic mass is 32.1. The monoisotopic (exact) mass is 451 g/mol. The number of carbonyl (C=O) groups excluding carboxylic acids is 2. The van der Waals surface area contributed by atoms with E-state index in [1.807, 2.05) is 32.9 Å². The molecule has 2 N–H and O–H groups in total. The fraction of sp³-hybridized carbons (Fsp3) is 0.304. The van der Waals surface area contributed by atoms with Gasteiger partial charge in [0.2, 0.25) is 5.91 Å². The third-order valence-electron chi connectivity index (χ3n) is 5.05. The first kappa shape index (κ1) is 21.8. The Bertz CT molecular complexity index is 1260. The number of hydrogen-bond acceptors (Lipinski definition) is 6. The second kappa shape index (κ2) is 8.96. The molecule has 4 aromatic rings. The van der Waals surface area contributed by atoms with Crippen LogP contribution in [0.25, 0.3) is 21.6 Å². The van der Waals surface area contributed by atoms with Crippen molar-refractivity contribution in [3.05, 3.63) is 59.0 Å². The van der Waals surface area contributed by atoms with Crippen molar-refractivity contribution in [3.63, 3.8) is 0 Å². The van der Waals surface area contributed by atoms with E-state index in [9.17, 15) is 9.59 Å². The van der Waals surface area contributed by atoms with Crippen molar-refractivity contribution in [3.8, 4) is 10.6 Å². The Labute approximate surface area is 189 Å². The Kier molecular flexibility index (Phi) is 6.09. The standard InChI is InChI=1S/C23H25N5O3S/c1-13(2)28-21-18(12-25-28)17(10-19(27-21)20-8-7-14(3)32-20)23(30)26-15(4)22(29)24-11-16-6-5-9-31-16/h5-10,12-13,15H,11H2,1-4H3,(H,24,29)(H,26,30)/t15-/m0/s1. The lowest BCUT2D eigenvalue weighted by Gasteiger charge is -2.15. The summed E-state index contributed by atoms with van der Waals surface area (Å²) in [6.45, 7) is 7.97. The summed E-state index contributed by atoms with van der Waals surface area (Å²) in [5.74, 6) is -0.00684. The van der Waals surface area contributed by atoms with Crippen LogP contribution >= 0.6 is 11.3 Å².